The molecule has 1 aliphatic rings. The third-order valence-electron chi connectivity index (χ3n) is 3.61. The van der Waals surface area contributed by atoms with Gasteiger partial charge in [0.05, 0.1) is 4.90 Å². The Labute approximate surface area is 122 Å². The average Bonchev–Trinajstić information content (AvgIpc) is 2.49. The monoisotopic (exact) mass is 296 g/mol. The van der Waals surface area contributed by atoms with E-state index in [0.717, 1.165) is 44.3 Å². The number of sulfonamides is 1. The molecule has 1 fully saturated rings. The van der Waals surface area contributed by atoms with Crippen molar-refractivity contribution in [2.24, 2.45) is 0 Å². The zero-order chi connectivity index (χ0) is 14.4. The van der Waals surface area contributed by atoms with Crippen molar-refractivity contribution < 1.29 is 8.42 Å². The first-order chi connectivity index (χ1) is 9.64. The molecule has 112 valence electrons. The average molecular weight is 296 g/mol. The van der Waals surface area contributed by atoms with Gasteiger partial charge in [-0.15, -0.1) is 0 Å². The maximum absolute atomic E-state index is 12.6. The largest absolute Gasteiger partial charge is 0.313 e. The zero-order valence-electron chi connectivity index (χ0n) is 12.1. The fraction of sp³-hybridized carbons (Fsp3) is 0.600. The van der Waals surface area contributed by atoms with Crippen LogP contribution in [0.25, 0.3) is 0 Å². The highest BCUT2D eigenvalue weighted by atomic mass is 32.2. The predicted molar refractivity (Wildman–Crippen MR) is 81.0 cm³/mol. The Kier molecular flexibility index (Phi) is 5.57. The van der Waals surface area contributed by atoms with E-state index in [1.807, 2.05) is 12.1 Å². The van der Waals surface area contributed by atoms with Gasteiger partial charge in [0.15, 0.2) is 0 Å². The molecule has 0 aromatic heterocycles. The molecule has 20 heavy (non-hydrogen) atoms. The number of rotatable bonds is 6. The molecular formula is C15H24N2O2S. The minimum atomic E-state index is -3.31. The van der Waals surface area contributed by atoms with Crippen LogP contribution in [-0.2, 0) is 16.6 Å². The molecule has 2 rings (SSSR count). The molecular weight excluding hydrogens is 272 g/mol. The van der Waals surface area contributed by atoms with Gasteiger partial charge in [0.25, 0.3) is 0 Å². The summed E-state index contributed by atoms with van der Waals surface area (Å²) in [5, 5.41) is 3.30. The molecule has 0 spiro atoms. The zero-order valence-corrected chi connectivity index (χ0v) is 13.0. The van der Waals surface area contributed by atoms with Crippen LogP contribution in [0, 0.1) is 0 Å². The van der Waals surface area contributed by atoms with Gasteiger partial charge in [0.2, 0.25) is 10.0 Å². The lowest BCUT2D eigenvalue weighted by atomic mass is 10.2. The van der Waals surface area contributed by atoms with Crippen molar-refractivity contribution in [1.29, 1.82) is 0 Å². The molecule has 1 heterocycles. The summed E-state index contributed by atoms with van der Waals surface area (Å²) in [7, 11) is -3.31. The first-order valence-corrected chi connectivity index (χ1v) is 8.88. The Morgan fingerprint density at radius 1 is 1.20 bits per heavy atom. The van der Waals surface area contributed by atoms with E-state index < -0.39 is 10.0 Å². The van der Waals surface area contributed by atoms with Crippen LogP contribution in [0.1, 0.15) is 38.2 Å². The van der Waals surface area contributed by atoms with Gasteiger partial charge in [-0.3, -0.25) is 0 Å². The summed E-state index contributed by atoms with van der Waals surface area (Å²) in [6.45, 7) is 5.09. The van der Waals surface area contributed by atoms with Gasteiger partial charge in [0, 0.05) is 19.6 Å². The van der Waals surface area contributed by atoms with Crippen molar-refractivity contribution in [2.45, 2.75) is 44.0 Å². The number of hydrogen-bond acceptors (Lipinski definition) is 3. The first kappa shape index (κ1) is 15.5. The highest BCUT2D eigenvalue weighted by Crippen LogP contribution is 2.21. The molecule has 0 amide bonds. The minimum absolute atomic E-state index is 0.426. The van der Waals surface area contributed by atoms with Crippen molar-refractivity contribution in [3.05, 3.63) is 29.8 Å². The van der Waals surface area contributed by atoms with E-state index in [4.69, 9.17) is 0 Å². The van der Waals surface area contributed by atoms with Crippen molar-refractivity contribution in [3.8, 4) is 0 Å². The highest BCUT2D eigenvalue weighted by Gasteiger charge is 2.25. The van der Waals surface area contributed by atoms with Crippen LogP contribution < -0.4 is 5.32 Å². The Balaban J connectivity index is 2.12. The molecule has 1 N–H and O–H groups in total. The number of nitrogens with zero attached hydrogens (tertiary/aromatic N) is 1. The summed E-state index contributed by atoms with van der Waals surface area (Å²) in [6.07, 6.45) is 4.15. The third-order valence-corrected chi connectivity index (χ3v) is 5.50. The van der Waals surface area contributed by atoms with E-state index in [-0.39, 0.29) is 0 Å². The lowest BCUT2D eigenvalue weighted by Gasteiger charge is -2.26. The fourth-order valence-corrected chi connectivity index (χ4v) is 4.07. The third kappa shape index (κ3) is 3.81. The predicted octanol–water partition coefficient (Wildman–Crippen LogP) is 2.36. The second kappa shape index (κ2) is 7.20. The smallest absolute Gasteiger partial charge is 0.243 e. The van der Waals surface area contributed by atoms with Crippen LogP contribution in [0.4, 0.5) is 0 Å². The number of hydrogen-bond donors (Lipinski definition) is 1. The number of nitrogens with one attached hydrogen (secondary N) is 1. The van der Waals surface area contributed by atoms with Crippen molar-refractivity contribution in [3.63, 3.8) is 0 Å². The maximum atomic E-state index is 12.6. The topological polar surface area (TPSA) is 49.4 Å². The molecule has 1 aromatic carbocycles. The van der Waals surface area contributed by atoms with Crippen molar-refractivity contribution in [1.82, 2.24) is 9.62 Å². The van der Waals surface area contributed by atoms with E-state index in [9.17, 15) is 8.42 Å². The van der Waals surface area contributed by atoms with Gasteiger partial charge in [-0.05, 0) is 43.5 Å². The maximum Gasteiger partial charge on any atom is 0.243 e. The Hall–Kier alpha value is -0.910. The number of benzene rings is 1. The lowest BCUT2D eigenvalue weighted by molar-refractivity contribution is 0.346. The van der Waals surface area contributed by atoms with Crippen LogP contribution in [0.2, 0.25) is 0 Å². The standard InChI is InChI=1S/C15H24N2O2S/c1-2-9-16-13-14-7-6-8-15(12-14)20(18,19)17-10-4-3-5-11-17/h6-8,12,16H,2-5,9-11,13H2,1H3. The van der Waals surface area contributed by atoms with E-state index in [0.29, 0.717) is 18.0 Å². The van der Waals surface area contributed by atoms with Gasteiger partial charge >= 0.3 is 0 Å². The van der Waals surface area contributed by atoms with Crippen LogP contribution in [0.15, 0.2) is 29.2 Å². The van der Waals surface area contributed by atoms with Crippen LogP contribution in [-0.4, -0.2) is 32.4 Å². The first-order valence-electron chi connectivity index (χ1n) is 7.44. The Bertz CT molecular complexity index is 522. The quantitative estimate of drug-likeness (QED) is 0.820. The van der Waals surface area contributed by atoms with Crippen molar-refractivity contribution in [2.75, 3.05) is 19.6 Å². The summed E-state index contributed by atoms with van der Waals surface area (Å²) in [6, 6.07) is 7.30. The molecule has 5 heteroatoms. The highest BCUT2D eigenvalue weighted by molar-refractivity contribution is 7.89. The van der Waals surface area contributed by atoms with Crippen LogP contribution in [0.3, 0.4) is 0 Å². The van der Waals surface area contributed by atoms with Gasteiger partial charge in [-0.2, -0.15) is 4.31 Å². The summed E-state index contributed by atoms with van der Waals surface area (Å²) in [4.78, 5) is 0.426. The van der Waals surface area contributed by atoms with Gasteiger partial charge in [0.1, 0.15) is 0 Å². The second-order valence-electron chi connectivity index (χ2n) is 5.29. The molecule has 1 aliphatic heterocycles. The van der Waals surface area contributed by atoms with E-state index in [2.05, 4.69) is 12.2 Å². The molecule has 1 saturated heterocycles. The molecule has 0 saturated carbocycles. The molecule has 4 nitrogen and oxygen atoms in total. The number of piperidine rings is 1. The SMILES string of the molecule is CCCNCc1cccc(S(=O)(=O)N2CCCCC2)c1. The lowest BCUT2D eigenvalue weighted by Crippen LogP contribution is -2.35. The summed E-state index contributed by atoms with van der Waals surface area (Å²) >= 11 is 0. The summed E-state index contributed by atoms with van der Waals surface area (Å²) < 4.78 is 26.8. The van der Waals surface area contributed by atoms with E-state index in [1.165, 1.54) is 0 Å². The molecule has 0 unspecified atom stereocenters. The fourth-order valence-electron chi connectivity index (χ4n) is 2.48. The normalized spacial score (nSPS) is 17.2. The summed E-state index contributed by atoms with van der Waals surface area (Å²) in [5.41, 5.74) is 1.02. The van der Waals surface area contributed by atoms with Gasteiger partial charge in [-0.1, -0.05) is 25.5 Å². The van der Waals surface area contributed by atoms with Crippen LogP contribution >= 0.6 is 0 Å². The van der Waals surface area contributed by atoms with Crippen molar-refractivity contribution >= 4 is 10.0 Å². The van der Waals surface area contributed by atoms with E-state index >= 15 is 0 Å². The second-order valence-corrected chi connectivity index (χ2v) is 7.23. The van der Waals surface area contributed by atoms with E-state index in [1.54, 1.807) is 16.4 Å². The molecule has 1 aromatic rings. The molecule has 0 aliphatic carbocycles. The van der Waals surface area contributed by atoms with Gasteiger partial charge in [-0.25, -0.2) is 8.42 Å². The summed E-state index contributed by atoms with van der Waals surface area (Å²) in [5.74, 6) is 0. The van der Waals surface area contributed by atoms with Crippen LogP contribution in [0.5, 0.6) is 0 Å². The molecule has 0 bridgehead atoms. The minimum Gasteiger partial charge on any atom is -0.313 e. The molecule has 0 radical (unpaired) electrons. The Morgan fingerprint density at radius 2 is 1.95 bits per heavy atom. The van der Waals surface area contributed by atoms with Gasteiger partial charge < -0.3 is 5.32 Å². The Morgan fingerprint density at radius 3 is 2.65 bits per heavy atom. The molecule has 0 atom stereocenters.